The molecule has 26 heavy (non-hydrogen) atoms. The second kappa shape index (κ2) is 5.48. The number of hydrogen-bond donors (Lipinski definition) is 1. The molecule has 1 aromatic carbocycles. The maximum Gasteiger partial charge on any atom is 0.310 e. The Balaban J connectivity index is 1.93. The van der Waals surface area contributed by atoms with Crippen LogP contribution in [0, 0.1) is 0 Å². The Morgan fingerprint density at radius 1 is 0.923 bits per heavy atom. The van der Waals surface area contributed by atoms with E-state index in [2.05, 4.69) is 25.3 Å². The van der Waals surface area contributed by atoms with Gasteiger partial charge in [-0.25, -0.2) is 15.0 Å². The lowest BCUT2D eigenvalue weighted by Crippen LogP contribution is -2.07. The van der Waals surface area contributed by atoms with Crippen molar-refractivity contribution in [3.63, 3.8) is 0 Å². The quantitative estimate of drug-likeness (QED) is 0.423. The molecule has 0 amide bonds. The number of nitrogens with one attached hydrogen (secondary N) is 1. The van der Waals surface area contributed by atoms with E-state index in [1.165, 1.54) is 18.3 Å². The molecule has 0 radical (unpaired) electrons. The first-order valence-electron chi connectivity index (χ1n) is 6.83. The molecule has 0 aliphatic carbocycles. The molecule has 0 unspecified atom stereocenters. The monoisotopic (exact) mass is 409 g/mol. The third-order valence-corrected chi connectivity index (χ3v) is 4.44. The van der Waals surface area contributed by atoms with Crippen LogP contribution in [0.2, 0.25) is 5.15 Å². The second-order valence-corrected chi connectivity index (χ2v) is 7.92. The minimum Gasteiger partial charge on any atom is -0.324 e. The summed E-state index contributed by atoms with van der Waals surface area (Å²) in [5, 5.41) is 2.65. The van der Waals surface area contributed by atoms with Gasteiger partial charge in [0.1, 0.15) is 16.4 Å². The van der Waals surface area contributed by atoms with Gasteiger partial charge >= 0.3 is 10.2 Å². The lowest BCUT2D eigenvalue weighted by Gasteiger charge is -2.40. The van der Waals surface area contributed by atoms with Crippen LogP contribution in [0.5, 0.6) is 0 Å². The summed E-state index contributed by atoms with van der Waals surface area (Å²) in [6, 6.07) is 5.70. The van der Waals surface area contributed by atoms with Crippen LogP contribution >= 0.6 is 21.8 Å². The fourth-order valence-electron chi connectivity index (χ4n) is 1.98. The molecule has 12 heteroatoms. The number of aromatic nitrogens is 4. The highest BCUT2D eigenvalue weighted by molar-refractivity contribution is 8.45. The molecule has 0 aliphatic rings. The first-order valence-corrected chi connectivity index (χ1v) is 9.16. The summed E-state index contributed by atoms with van der Waals surface area (Å²) in [7, 11) is -9.78. The van der Waals surface area contributed by atoms with Crippen molar-refractivity contribution < 1.29 is 19.4 Å². The van der Waals surface area contributed by atoms with E-state index < -0.39 is 15.1 Å². The average Bonchev–Trinajstić information content (AvgIpc) is 2.53. The largest absolute Gasteiger partial charge is 0.324 e. The standard InChI is InChI=1S/C14H9ClF5N5S/c15-12-6-9(4-5-21-12)13-22-8-23-14(25-13)24-10-2-1-3-11(7-10)26(16,17,18,19)20/h1-8H,(H,22,23,24,25). The van der Waals surface area contributed by atoms with Gasteiger partial charge in [-0.3, -0.25) is 0 Å². The maximum atomic E-state index is 12.9. The molecular weight excluding hydrogens is 401 g/mol. The Morgan fingerprint density at radius 3 is 2.38 bits per heavy atom. The van der Waals surface area contributed by atoms with Crippen molar-refractivity contribution in [2.75, 3.05) is 5.32 Å². The maximum absolute atomic E-state index is 12.9. The lowest BCUT2D eigenvalue weighted by molar-refractivity contribution is 0.364. The van der Waals surface area contributed by atoms with Crippen LogP contribution < -0.4 is 5.32 Å². The third kappa shape index (κ3) is 4.35. The number of pyridine rings is 1. The van der Waals surface area contributed by atoms with Crippen molar-refractivity contribution in [2.24, 2.45) is 0 Å². The van der Waals surface area contributed by atoms with Crippen molar-refractivity contribution in [1.29, 1.82) is 0 Å². The predicted molar refractivity (Wildman–Crippen MR) is 89.2 cm³/mol. The van der Waals surface area contributed by atoms with E-state index in [1.54, 1.807) is 6.07 Å². The fourth-order valence-corrected chi connectivity index (χ4v) is 2.84. The molecule has 2 aromatic heterocycles. The van der Waals surface area contributed by atoms with E-state index in [0.29, 0.717) is 17.7 Å². The van der Waals surface area contributed by atoms with Crippen LogP contribution in [-0.2, 0) is 0 Å². The van der Waals surface area contributed by atoms with E-state index >= 15 is 0 Å². The van der Waals surface area contributed by atoms with E-state index in [4.69, 9.17) is 11.6 Å². The minimum atomic E-state index is -9.78. The highest BCUT2D eigenvalue weighted by Gasteiger charge is 2.65. The molecule has 3 aromatic rings. The number of benzene rings is 1. The smallest absolute Gasteiger partial charge is 0.310 e. The second-order valence-electron chi connectivity index (χ2n) is 5.12. The van der Waals surface area contributed by atoms with Gasteiger partial charge in [-0.1, -0.05) is 37.1 Å². The molecule has 0 atom stereocenters. The Hall–Kier alpha value is -2.53. The van der Waals surface area contributed by atoms with Crippen molar-refractivity contribution >= 4 is 33.5 Å². The molecule has 5 nitrogen and oxygen atoms in total. The van der Waals surface area contributed by atoms with Crippen LogP contribution in [0.25, 0.3) is 11.4 Å². The molecule has 0 bridgehead atoms. The van der Waals surface area contributed by atoms with Gasteiger partial charge in [-0.2, -0.15) is 4.98 Å². The molecule has 0 saturated carbocycles. The zero-order chi connectivity index (χ0) is 19.1. The SMILES string of the molecule is FS(F)(F)(F)(F)c1cccc(Nc2ncnc(-c3ccnc(Cl)c3)n2)c1. The summed E-state index contributed by atoms with van der Waals surface area (Å²) in [4.78, 5) is 13.5. The van der Waals surface area contributed by atoms with Gasteiger partial charge in [0.05, 0.1) is 0 Å². The summed E-state index contributed by atoms with van der Waals surface area (Å²) >= 11 is 5.78. The van der Waals surface area contributed by atoms with Crippen LogP contribution in [0.1, 0.15) is 0 Å². The Bertz CT molecular complexity index is 983. The molecular formula is C14H9ClF5N5S. The van der Waals surface area contributed by atoms with Gasteiger partial charge in [0.25, 0.3) is 0 Å². The van der Waals surface area contributed by atoms with E-state index in [0.717, 1.165) is 12.4 Å². The van der Waals surface area contributed by atoms with Gasteiger partial charge in [0, 0.05) is 17.4 Å². The van der Waals surface area contributed by atoms with Crippen molar-refractivity contribution in [2.45, 2.75) is 4.90 Å². The van der Waals surface area contributed by atoms with Gasteiger partial charge < -0.3 is 5.32 Å². The molecule has 2 heterocycles. The van der Waals surface area contributed by atoms with Gasteiger partial charge in [0.15, 0.2) is 5.82 Å². The predicted octanol–water partition coefficient (Wildman–Crippen LogP) is 5.99. The number of hydrogen-bond acceptors (Lipinski definition) is 5. The topological polar surface area (TPSA) is 63.6 Å². The van der Waals surface area contributed by atoms with E-state index in [1.807, 2.05) is 0 Å². The fraction of sp³-hybridized carbons (Fsp3) is 0. The number of nitrogens with zero attached hydrogens (tertiary/aromatic N) is 4. The molecule has 0 aliphatic heterocycles. The van der Waals surface area contributed by atoms with Crippen molar-refractivity contribution in [3.8, 4) is 11.4 Å². The van der Waals surface area contributed by atoms with Crippen LogP contribution in [0.4, 0.5) is 31.1 Å². The first kappa shape index (κ1) is 18.3. The highest BCUT2D eigenvalue weighted by Crippen LogP contribution is 3.02. The third-order valence-electron chi connectivity index (χ3n) is 3.09. The van der Waals surface area contributed by atoms with Crippen LogP contribution in [0.3, 0.4) is 0 Å². The van der Waals surface area contributed by atoms with E-state index in [-0.39, 0.29) is 22.6 Å². The summed E-state index contributed by atoms with van der Waals surface area (Å²) < 4.78 is 64.5. The zero-order valence-electron chi connectivity index (χ0n) is 12.6. The van der Waals surface area contributed by atoms with Crippen molar-refractivity contribution in [1.82, 2.24) is 19.9 Å². The van der Waals surface area contributed by atoms with Gasteiger partial charge in [-0.05, 0) is 30.3 Å². The summed E-state index contributed by atoms with van der Waals surface area (Å²) in [5.41, 5.74) is 0.247. The summed E-state index contributed by atoms with van der Waals surface area (Å²) in [6.45, 7) is 0. The molecule has 138 valence electrons. The molecule has 3 rings (SSSR count). The Labute approximate surface area is 149 Å². The lowest BCUT2D eigenvalue weighted by atomic mass is 10.2. The normalized spacial score (nSPS) is 14.4. The number of halogens is 6. The molecule has 0 spiro atoms. The summed E-state index contributed by atoms with van der Waals surface area (Å²) in [6.07, 6.45) is 2.54. The number of anilines is 2. The van der Waals surface area contributed by atoms with Crippen molar-refractivity contribution in [3.05, 3.63) is 54.1 Å². The minimum absolute atomic E-state index is 0.123. The summed E-state index contributed by atoms with van der Waals surface area (Å²) in [5.74, 6) is 0.0536. The van der Waals surface area contributed by atoms with E-state index in [9.17, 15) is 19.4 Å². The Morgan fingerprint density at radius 2 is 1.69 bits per heavy atom. The Kier molecular flexibility index (Phi) is 3.85. The molecule has 0 saturated heterocycles. The highest BCUT2D eigenvalue weighted by atomic mass is 35.5. The van der Waals surface area contributed by atoms with Crippen LogP contribution in [0.15, 0.2) is 53.8 Å². The van der Waals surface area contributed by atoms with Gasteiger partial charge in [0.2, 0.25) is 5.95 Å². The van der Waals surface area contributed by atoms with Gasteiger partial charge in [-0.15, -0.1) is 0 Å². The zero-order valence-corrected chi connectivity index (χ0v) is 14.2. The average molecular weight is 410 g/mol. The van der Waals surface area contributed by atoms with Crippen LogP contribution in [-0.4, -0.2) is 19.9 Å². The molecule has 0 fully saturated rings. The number of rotatable bonds is 4. The first-order chi connectivity index (χ1) is 11.9. The molecule has 1 N–H and O–H groups in total.